The maximum atomic E-state index is 6.92. The molecule has 0 bridgehead atoms. The van der Waals surface area contributed by atoms with Crippen LogP contribution in [0.4, 0.5) is 68.2 Å². The van der Waals surface area contributed by atoms with Gasteiger partial charge in [0.2, 0.25) is 0 Å². The molecule has 0 saturated carbocycles. The third kappa shape index (κ3) is 3.56. The van der Waals surface area contributed by atoms with E-state index in [1.54, 1.807) is 0 Å². The highest BCUT2D eigenvalue weighted by Crippen LogP contribution is 2.65. The molecule has 0 spiro atoms. The van der Waals surface area contributed by atoms with E-state index in [2.05, 4.69) is 189 Å². The fourth-order valence-corrected chi connectivity index (χ4v) is 12.3. The van der Waals surface area contributed by atoms with Crippen molar-refractivity contribution in [2.45, 2.75) is 0 Å². The van der Waals surface area contributed by atoms with Gasteiger partial charge in [0.05, 0.1) is 68.2 Å². The van der Waals surface area contributed by atoms with Crippen molar-refractivity contribution in [3.8, 4) is 46.0 Å². The van der Waals surface area contributed by atoms with Crippen molar-refractivity contribution >= 4 is 114 Å². The molecule has 294 valence electrons. The molecule has 0 atom stereocenters. The number of para-hydroxylation sites is 12. The number of ether oxygens (including phenoxy) is 4. The van der Waals surface area contributed by atoms with E-state index < -0.39 is 0 Å². The Morgan fingerprint density at radius 1 is 0.234 bits per heavy atom. The zero-order chi connectivity index (χ0) is 41.1. The first-order chi connectivity index (χ1) is 31.8. The van der Waals surface area contributed by atoms with E-state index in [0.29, 0.717) is 0 Å². The molecule has 0 fully saturated rings. The Morgan fingerprint density at radius 2 is 0.469 bits per heavy atom. The Labute approximate surface area is 367 Å². The lowest BCUT2D eigenvalue weighted by Gasteiger charge is -2.54. The molecule has 8 nitrogen and oxygen atoms in total. The van der Waals surface area contributed by atoms with Gasteiger partial charge in [0.1, 0.15) is 0 Å². The fourth-order valence-electron chi connectivity index (χ4n) is 12.3. The minimum atomic E-state index is -0.203. The lowest BCUT2D eigenvalue weighted by molar-refractivity contribution is 0.475. The monoisotopic (exact) mass is 818 g/mol. The lowest BCUT2D eigenvalue weighted by atomic mass is 9.30. The molecular weight excluding hydrogens is 790 g/mol. The van der Waals surface area contributed by atoms with Crippen LogP contribution in [0.1, 0.15) is 0 Å². The first-order valence-corrected chi connectivity index (χ1v) is 21.8. The van der Waals surface area contributed by atoms with E-state index in [0.717, 1.165) is 114 Å². The molecular formula is C54H28B2N4O4. The third-order valence-corrected chi connectivity index (χ3v) is 14.5. The molecule has 0 radical (unpaired) electrons. The van der Waals surface area contributed by atoms with E-state index in [1.165, 1.54) is 32.8 Å². The Balaban J connectivity index is 1.15. The number of hydrogen-bond donors (Lipinski definition) is 0. The van der Waals surface area contributed by atoms with Gasteiger partial charge in [0, 0.05) is 0 Å². The highest BCUT2D eigenvalue weighted by atomic mass is 16.5. The van der Waals surface area contributed by atoms with Crippen molar-refractivity contribution in [1.82, 2.24) is 0 Å². The van der Waals surface area contributed by atoms with E-state index >= 15 is 0 Å². The van der Waals surface area contributed by atoms with Crippen LogP contribution < -0.4 is 71.3 Å². The second kappa shape index (κ2) is 10.9. The van der Waals surface area contributed by atoms with Crippen molar-refractivity contribution in [3.63, 3.8) is 0 Å². The standard InChI is InChI=1S/C54H28B2N4O4/c1-5-21-37-33(17-1)57-47-29(13-9-25-41(47)61-37)55-30-14-10-27-43-49(30)59(35-19-3-7-23-39(35)63-43)53-45(55)51(57)52-46-54(53)60-36-20-4-8-24-40(36)64-44-28-12-16-32(50(44)60)56(46)31-15-11-26-42-48(31)58(52)34-18-2-6-22-38(34)62-42/h1-28H. The molecule has 17 rings (SSSR count). The predicted octanol–water partition coefficient (Wildman–Crippen LogP) is 10.3. The van der Waals surface area contributed by atoms with Crippen LogP contribution in [0.3, 0.4) is 0 Å². The van der Waals surface area contributed by atoms with Crippen molar-refractivity contribution in [2.24, 2.45) is 0 Å². The van der Waals surface area contributed by atoms with Gasteiger partial charge in [-0.25, -0.2) is 0 Å². The van der Waals surface area contributed by atoms with Crippen LogP contribution in [-0.2, 0) is 0 Å². The summed E-state index contributed by atoms with van der Waals surface area (Å²) in [5.74, 6) is 6.56. The maximum absolute atomic E-state index is 6.92. The highest BCUT2D eigenvalue weighted by Gasteiger charge is 2.57. The van der Waals surface area contributed by atoms with Crippen LogP contribution in [0.2, 0.25) is 0 Å². The van der Waals surface area contributed by atoms with Crippen molar-refractivity contribution in [3.05, 3.63) is 170 Å². The quantitative estimate of drug-likeness (QED) is 0.140. The maximum Gasteiger partial charge on any atom is 0.252 e. The molecule has 9 aromatic carbocycles. The van der Waals surface area contributed by atoms with Crippen LogP contribution >= 0.6 is 0 Å². The summed E-state index contributed by atoms with van der Waals surface area (Å²) >= 11 is 0. The first kappa shape index (κ1) is 32.3. The molecule has 0 aromatic heterocycles. The first-order valence-electron chi connectivity index (χ1n) is 21.8. The number of fused-ring (bicyclic) bond motifs is 18. The van der Waals surface area contributed by atoms with Crippen LogP contribution in [0.25, 0.3) is 0 Å². The Hall–Kier alpha value is -8.49. The molecule has 8 heterocycles. The van der Waals surface area contributed by atoms with Crippen LogP contribution in [0.5, 0.6) is 46.0 Å². The normalized spacial score (nSPS) is 15.2. The van der Waals surface area contributed by atoms with Gasteiger partial charge in [0.15, 0.2) is 46.0 Å². The average Bonchev–Trinajstić information content (AvgIpc) is 3.34. The third-order valence-electron chi connectivity index (χ3n) is 14.5. The van der Waals surface area contributed by atoms with Crippen LogP contribution in [-0.4, -0.2) is 13.4 Å². The fraction of sp³-hybridized carbons (Fsp3) is 0. The smallest absolute Gasteiger partial charge is 0.252 e. The van der Waals surface area contributed by atoms with Gasteiger partial charge in [-0.2, -0.15) is 0 Å². The summed E-state index contributed by atoms with van der Waals surface area (Å²) in [4.78, 5) is 10.1. The van der Waals surface area contributed by atoms with Crippen molar-refractivity contribution in [1.29, 1.82) is 0 Å². The average molecular weight is 818 g/mol. The topological polar surface area (TPSA) is 49.9 Å². The SMILES string of the molecule is c1ccc2c(c1)Oc1cccc3c1N2c1c2c(c4c5c1N1c6ccccc6Oc6cccc(c61)B5c1cccc5c1N4c1ccccc1O5)N1c4ccccc4Oc4cccc(c41)B32. The number of anilines is 12. The Bertz CT molecular complexity index is 3250. The van der Waals surface area contributed by atoms with Gasteiger partial charge in [0.25, 0.3) is 13.4 Å². The molecule has 8 aliphatic heterocycles. The van der Waals surface area contributed by atoms with Gasteiger partial charge < -0.3 is 38.5 Å². The van der Waals surface area contributed by atoms with Gasteiger partial charge in [-0.1, -0.05) is 97.1 Å². The molecule has 0 saturated heterocycles. The van der Waals surface area contributed by atoms with Crippen molar-refractivity contribution in [2.75, 3.05) is 19.6 Å². The van der Waals surface area contributed by atoms with Crippen LogP contribution in [0, 0.1) is 0 Å². The summed E-state index contributed by atoms with van der Waals surface area (Å²) in [6.45, 7) is -0.406. The van der Waals surface area contributed by atoms with Crippen LogP contribution in [0.15, 0.2) is 170 Å². The zero-order valence-corrected chi connectivity index (χ0v) is 33.7. The second-order valence-corrected chi connectivity index (χ2v) is 17.5. The second-order valence-electron chi connectivity index (χ2n) is 17.5. The molecule has 64 heavy (non-hydrogen) atoms. The summed E-state index contributed by atoms with van der Waals surface area (Å²) < 4.78 is 27.7. The predicted molar refractivity (Wildman–Crippen MR) is 255 cm³/mol. The molecule has 0 amide bonds. The minimum Gasteiger partial charge on any atom is -0.453 e. The number of hydrogen-bond acceptors (Lipinski definition) is 8. The number of nitrogens with zero attached hydrogens (tertiary/aromatic N) is 4. The summed E-state index contributed by atoms with van der Waals surface area (Å²) in [5, 5.41) is 0. The summed E-state index contributed by atoms with van der Waals surface area (Å²) in [7, 11) is 0. The van der Waals surface area contributed by atoms with Gasteiger partial charge in [-0.15, -0.1) is 0 Å². The summed E-state index contributed by atoms with van der Waals surface area (Å²) in [5.41, 5.74) is 19.8. The van der Waals surface area contributed by atoms with Gasteiger partial charge >= 0.3 is 0 Å². The van der Waals surface area contributed by atoms with Gasteiger partial charge in [-0.3, -0.25) is 0 Å². The summed E-state index contributed by atoms with van der Waals surface area (Å²) in [6.07, 6.45) is 0. The van der Waals surface area contributed by atoms with E-state index in [1.807, 2.05) is 0 Å². The van der Waals surface area contributed by atoms with E-state index in [-0.39, 0.29) is 13.4 Å². The Morgan fingerprint density at radius 3 is 0.734 bits per heavy atom. The minimum absolute atomic E-state index is 0.203. The zero-order valence-electron chi connectivity index (χ0n) is 33.7. The molecule has 0 N–H and O–H groups in total. The molecule has 9 aromatic rings. The molecule has 10 heteroatoms. The number of benzene rings is 9. The molecule has 8 aliphatic rings. The summed E-state index contributed by atoms with van der Waals surface area (Å²) in [6, 6.07) is 60.3. The number of rotatable bonds is 0. The highest BCUT2D eigenvalue weighted by molar-refractivity contribution is 7.04. The largest absolute Gasteiger partial charge is 0.453 e. The molecule has 0 unspecified atom stereocenters. The van der Waals surface area contributed by atoms with E-state index in [4.69, 9.17) is 18.9 Å². The van der Waals surface area contributed by atoms with E-state index in [9.17, 15) is 0 Å². The lowest BCUT2D eigenvalue weighted by Crippen LogP contribution is -2.67. The van der Waals surface area contributed by atoms with Gasteiger partial charge in [-0.05, 0) is 106 Å². The van der Waals surface area contributed by atoms with Crippen molar-refractivity contribution < 1.29 is 18.9 Å². The Kier molecular flexibility index (Phi) is 5.51. The molecule has 0 aliphatic carbocycles.